The standard InChI is InChI=1S/C19H20N2O2/c1-14-6-8-16(9-7-14)19-21-17(13-23-19)12-20-11-15-4-3-5-18(10-15)22-2/h3-10,13,20H,11-12H2,1-2H3. The van der Waals surface area contributed by atoms with Crippen molar-refractivity contribution in [3.8, 4) is 17.2 Å². The van der Waals surface area contributed by atoms with Crippen LogP contribution in [0, 0.1) is 6.92 Å². The minimum atomic E-state index is 0.656. The maximum Gasteiger partial charge on any atom is 0.226 e. The smallest absolute Gasteiger partial charge is 0.226 e. The Kier molecular flexibility index (Phi) is 4.74. The molecule has 0 spiro atoms. The third kappa shape index (κ3) is 3.99. The first-order valence-corrected chi connectivity index (χ1v) is 7.60. The van der Waals surface area contributed by atoms with Gasteiger partial charge in [0.25, 0.3) is 0 Å². The Hall–Kier alpha value is -2.59. The van der Waals surface area contributed by atoms with E-state index < -0.39 is 0 Å². The van der Waals surface area contributed by atoms with Crippen molar-refractivity contribution in [3.05, 3.63) is 71.6 Å². The van der Waals surface area contributed by atoms with E-state index >= 15 is 0 Å². The van der Waals surface area contributed by atoms with E-state index in [2.05, 4.69) is 35.4 Å². The Bertz CT molecular complexity index is 763. The van der Waals surface area contributed by atoms with Crippen LogP contribution in [0.3, 0.4) is 0 Å². The largest absolute Gasteiger partial charge is 0.497 e. The first kappa shape index (κ1) is 15.3. The summed E-state index contributed by atoms with van der Waals surface area (Å²) in [7, 11) is 1.68. The molecule has 118 valence electrons. The van der Waals surface area contributed by atoms with Crippen LogP contribution in [0.2, 0.25) is 0 Å². The van der Waals surface area contributed by atoms with Crippen LogP contribution in [0.15, 0.2) is 59.2 Å². The van der Waals surface area contributed by atoms with Gasteiger partial charge in [0.2, 0.25) is 5.89 Å². The molecule has 2 aromatic carbocycles. The molecular formula is C19H20N2O2. The highest BCUT2D eigenvalue weighted by atomic mass is 16.5. The fraction of sp³-hybridized carbons (Fsp3) is 0.211. The minimum absolute atomic E-state index is 0.656. The molecule has 0 bridgehead atoms. The van der Waals surface area contributed by atoms with Gasteiger partial charge >= 0.3 is 0 Å². The predicted octanol–water partition coefficient (Wildman–Crippen LogP) is 3.95. The van der Waals surface area contributed by atoms with E-state index in [1.807, 2.05) is 30.3 Å². The summed E-state index contributed by atoms with van der Waals surface area (Å²) in [6.07, 6.45) is 1.70. The molecule has 1 N–H and O–H groups in total. The first-order chi connectivity index (χ1) is 11.2. The van der Waals surface area contributed by atoms with Crippen molar-refractivity contribution in [1.29, 1.82) is 0 Å². The van der Waals surface area contributed by atoms with E-state index in [0.29, 0.717) is 12.4 Å². The molecule has 0 aliphatic heterocycles. The second-order valence-electron chi connectivity index (χ2n) is 5.47. The minimum Gasteiger partial charge on any atom is -0.497 e. The maximum atomic E-state index is 5.56. The lowest BCUT2D eigenvalue weighted by atomic mass is 10.1. The Morgan fingerprint density at radius 3 is 2.70 bits per heavy atom. The summed E-state index contributed by atoms with van der Waals surface area (Å²) in [5, 5.41) is 3.37. The van der Waals surface area contributed by atoms with E-state index in [1.165, 1.54) is 11.1 Å². The predicted molar refractivity (Wildman–Crippen MR) is 90.2 cm³/mol. The summed E-state index contributed by atoms with van der Waals surface area (Å²) in [4.78, 5) is 4.52. The SMILES string of the molecule is COc1cccc(CNCc2coc(-c3ccc(C)cc3)n2)c1. The van der Waals surface area contributed by atoms with Gasteiger partial charge in [-0.15, -0.1) is 0 Å². The number of aryl methyl sites for hydroxylation is 1. The molecule has 4 heteroatoms. The quantitative estimate of drug-likeness (QED) is 0.749. The zero-order valence-electron chi connectivity index (χ0n) is 13.4. The number of hydrogen-bond acceptors (Lipinski definition) is 4. The van der Waals surface area contributed by atoms with Gasteiger partial charge in [0, 0.05) is 18.7 Å². The monoisotopic (exact) mass is 308 g/mol. The lowest BCUT2D eigenvalue weighted by molar-refractivity contribution is 0.414. The van der Waals surface area contributed by atoms with Crippen LogP contribution < -0.4 is 10.1 Å². The molecule has 0 saturated carbocycles. The average Bonchev–Trinajstić information content (AvgIpc) is 3.04. The molecule has 0 aliphatic rings. The van der Waals surface area contributed by atoms with Crippen molar-refractivity contribution in [2.45, 2.75) is 20.0 Å². The number of benzene rings is 2. The third-order valence-electron chi connectivity index (χ3n) is 3.62. The lowest BCUT2D eigenvalue weighted by Crippen LogP contribution is -2.12. The molecule has 4 nitrogen and oxygen atoms in total. The summed E-state index contributed by atoms with van der Waals surface area (Å²) in [5.74, 6) is 1.52. The molecule has 0 saturated heterocycles. The van der Waals surface area contributed by atoms with E-state index in [1.54, 1.807) is 13.4 Å². The van der Waals surface area contributed by atoms with Gasteiger partial charge in [0.15, 0.2) is 0 Å². The van der Waals surface area contributed by atoms with Gasteiger partial charge in [-0.1, -0.05) is 29.8 Å². The van der Waals surface area contributed by atoms with Crippen LogP contribution in [0.25, 0.3) is 11.5 Å². The zero-order chi connectivity index (χ0) is 16.1. The fourth-order valence-corrected chi connectivity index (χ4v) is 2.33. The highest BCUT2D eigenvalue weighted by Crippen LogP contribution is 2.19. The molecule has 0 fully saturated rings. The Morgan fingerprint density at radius 1 is 1.09 bits per heavy atom. The van der Waals surface area contributed by atoms with Gasteiger partial charge in [-0.05, 0) is 36.8 Å². The van der Waals surface area contributed by atoms with Gasteiger partial charge in [-0.3, -0.25) is 0 Å². The topological polar surface area (TPSA) is 47.3 Å². The normalized spacial score (nSPS) is 10.7. The van der Waals surface area contributed by atoms with Crippen LogP contribution in [-0.4, -0.2) is 12.1 Å². The van der Waals surface area contributed by atoms with E-state index in [0.717, 1.165) is 23.6 Å². The first-order valence-electron chi connectivity index (χ1n) is 7.60. The molecule has 0 atom stereocenters. The highest BCUT2D eigenvalue weighted by Gasteiger charge is 2.06. The van der Waals surface area contributed by atoms with Crippen molar-refractivity contribution in [3.63, 3.8) is 0 Å². The van der Waals surface area contributed by atoms with Crippen LogP contribution in [-0.2, 0) is 13.1 Å². The summed E-state index contributed by atoms with van der Waals surface area (Å²) in [5.41, 5.74) is 4.28. The lowest BCUT2D eigenvalue weighted by Gasteiger charge is -2.05. The highest BCUT2D eigenvalue weighted by molar-refractivity contribution is 5.53. The van der Waals surface area contributed by atoms with Gasteiger partial charge in [0.1, 0.15) is 12.0 Å². The van der Waals surface area contributed by atoms with Crippen LogP contribution in [0.4, 0.5) is 0 Å². The van der Waals surface area contributed by atoms with Gasteiger partial charge in [0.05, 0.1) is 12.8 Å². The third-order valence-corrected chi connectivity index (χ3v) is 3.62. The second-order valence-corrected chi connectivity index (χ2v) is 5.47. The van der Waals surface area contributed by atoms with Crippen LogP contribution >= 0.6 is 0 Å². The number of rotatable bonds is 6. The van der Waals surface area contributed by atoms with Crippen molar-refractivity contribution < 1.29 is 9.15 Å². The number of nitrogens with one attached hydrogen (secondary N) is 1. The summed E-state index contributed by atoms with van der Waals surface area (Å²) >= 11 is 0. The number of ether oxygens (including phenoxy) is 1. The maximum absolute atomic E-state index is 5.56. The molecule has 23 heavy (non-hydrogen) atoms. The van der Waals surface area contributed by atoms with Crippen molar-refractivity contribution in [1.82, 2.24) is 10.3 Å². The molecule has 0 aliphatic carbocycles. The summed E-state index contributed by atoms with van der Waals surface area (Å²) in [6, 6.07) is 16.2. The Balaban J connectivity index is 1.58. The van der Waals surface area contributed by atoms with E-state index in [9.17, 15) is 0 Å². The Labute approximate surface area is 136 Å². The number of oxazole rings is 1. The fourth-order valence-electron chi connectivity index (χ4n) is 2.33. The number of methoxy groups -OCH3 is 1. The van der Waals surface area contributed by atoms with Gasteiger partial charge in [-0.2, -0.15) is 0 Å². The van der Waals surface area contributed by atoms with Gasteiger partial charge < -0.3 is 14.5 Å². The second kappa shape index (κ2) is 7.11. The van der Waals surface area contributed by atoms with Gasteiger partial charge in [-0.25, -0.2) is 4.98 Å². The zero-order valence-corrected chi connectivity index (χ0v) is 13.4. The molecule has 3 aromatic rings. The molecule has 3 rings (SSSR count). The van der Waals surface area contributed by atoms with Crippen molar-refractivity contribution in [2.75, 3.05) is 7.11 Å². The number of hydrogen-bond donors (Lipinski definition) is 1. The average molecular weight is 308 g/mol. The molecule has 0 unspecified atom stereocenters. The molecular weight excluding hydrogens is 288 g/mol. The molecule has 0 amide bonds. The van der Waals surface area contributed by atoms with Crippen LogP contribution in [0.5, 0.6) is 5.75 Å². The molecule has 0 radical (unpaired) electrons. The molecule has 1 heterocycles. The summed E-state index contributed by atoms with van der Waals surface area (Å²) in [6.45, 7) is 3.48. The summed E-state index contributed by atoms with van der Waals surface area (Å²) < 4.78 is 10.8. The van der Waals surface area contributed by atoms with Crippen LogP contribution in [0.1, 0.15) is 16.8 Å². The van der Waals surface area contributed by atoms with E-state index in [-0.39, 0.29) is 0 Å². The van der Waals surface area contributed by atoms with Crippen molar-refractivity contribution in [2.24, 2.45) is 0 Å². The number of aromatic nitrogens is 1. The number of nitrogens with zero attached hydrogens (tertiary/aromatic N) is 1. The Morgan fingerprint density at radius 2 is 1.91 bits per heavy atom. The van der Waals surface area contributed by atoms with Crippen molar-refractivity contribution >= 4 is 0 Å². The van der Waals surface area contributed by atoms with E-state index in [4.69, 9.17) is 9.15 Å². The molecule has 1 aromatic heterocycles.